The number of carbonyl (C=O) groups excluding carboxylic acids is 1. The number of fused-ring (bicyclic) bond motifs is 2. The van der Waals surface area contributed by atoms with Gasteiger partial charge in [-0.15, -0.1) is 0 Å². The van der Waals surface area contributed by atoms with E-state index < -0.39 is 0 Å². The SMILES string of the molecule is CC.CN1C(=O)c2ccccc2/C=C\c2ccccc21. The van der Waals surface area contributed by atoms with Crippen LogP contribution in [0, 0.1) is 0 Å². The minimum atomic E-state index is 0.0300. The predicted octanol–water partition coefficient (Wildman–Crippen LogP) is 4.47. The van der Waals surface area contributed by atoms with Crippen LogP contribution in [0.25, 0.3) is 12.2 Å². The number of rotatable bonds is 0. The standard InChI is InChI=1S/C16H13NO.C2H6/c1-17-15-9-5-3-7-13(15)11-10-12-6-2-4-8-14(12)16(17)18;1-2/h2-11H,1H3;1-2H3/b11-10-;. The second kappa shape index (κ2) is 6.20. The third-order valence-electron chi connectivity index (χ3n) is 3.24. The molecule has 0 saturated carbocycles. The normalized spacial score (nSPS) is 14.2. The molecule has 2 heteroatoms. The highest BCUT2D eigenvalue weighted by Gasteiger charge is 2.19. The number of para-hydroxylation sites is 1. The van der Waals surface area contributed by atoms with E-state index in [-0.39, 0.29) is 5.91 Å². The fourth-order valence-electron chi connectivity index (χ4n) is 2.24. The van der Waals surface area contributed by atoms with Crippen molar-refractivity contribution in [1.29, 1.82) is 0 Å². The molecular formula is C18H19NO. The zero-order valence-corrected chi connectivity index (χ0v) is 12.1. The fourth-order valence-corrected chi connectivity index (χ4v) is 2.24. The van der Waals surface area contributed by atoms with Gasteiger partial charge in [0.05, 0.1) is 5.69 Å². The summed E-state index contributed by atoms with van der Waals surface area (Å²) in [5.74, 6) is 0.0300. The van der Waals surface area contributed by atoms with Crippen LogP contribution in [-0.4, -0.2) is 13.0 Å². The topological polar surface area (TPSA) is 20.3 Å². The van der Waals surface area contributed by atoms with Gasteiger partial charge >= 0.3 is 0 Å². The van der Waals surface area contributed by atoms with Crippen molar-refractivity contribution in [2.75, 3.05) is 11.9 Å². The molecule has 0 bridgehead atoms. The summed E-state index contributed by atoms with van der Waals surface area (Å²) in [6.07, 6.45) is 4.05. The largest absolute Gasteiger partial charge is 0.311 e. The summed E-state index contributed by atoms with van der Waals surface area (Å²) in [6, 6.07) is 15.6. The molecular weight excluding hydrogens is 246 g/mol. The highest BCUT2D eigenvalue weighted by molar-refractivity contribution is 6.10. The zero-order chi connectivity index (χ0) is 14.5. The van der Waals surface area contributed by atoms with Crippen molar-refractivity contribution in [3.05, 3.63) is 65.2 Å². The number of nitrogens with zero attached hydrogens (tertiary/aromatic N) is 1. The molecule has 1 aliphatic heterocycles. The molecule has 0 aliphatic carbocycles. The summed E-state index contributed by atoms with van der Waals surface area (Å²) in [5, 5.41) is 0. The Bertz CT molecular complexity index is 643. The first kappa shape index (κ1) is 14.1. The van der Waals surface area contributed by atoms with Crippen molar-refractivity contribution in [2.45, 2.75) is 13.8 Å². The summed E-state index contributed by atoms with van der Waals surface area (Å²) in [4.78, 5) is 14.2. The molecule has 1 heterocycles. The van der Waals surface area contributed by atoms with Gasteiger partial charge in [0.1, 0.15) is 0 Å². The van der Waals surface area contributed by atoms with Gasteiger partial charge in [0.2, 0.25) is 0 Å². The van der Waals surface area contributed by atoms with Gasteiger partial charge in [-0.1, -0.05) is 62.4 Å². The van der Waals surface area contributed by atoms with E-state index in [0.29, 0.717) is 0 Å². The summed E-state index contributed by atoms with van der Waals surface area (Å²) in [7, 11) is 1.82. The van der Waals surface area contributed by atoms with Gasteiger partial charge in [-0.3, -0.25) is 4.79 Å². The van der Waals surface area contributed by atoms with Gasteiger partial charge in [0, 0.05) is 12.6 Å². The number of hydrogen-bond acceptors (Lipinski definition) is 1. The molecule has 2 nitrogen and oxygen atoms in total. The van der Waals surface area contributed by atoms with Crippen LogP contribution >= 0.6 is 0 Å². The summed E-state index contributed by atoms with van der Waals surface area (Å²) < 4.78 is 0. The van der Waals surface area contributed by atoms with Crippen LogP contribution in [0.15, 0.2) is 48.5 Å². The van der Waals surface area contributed by atoms with E-state index in [0.717, 1.165) is 22.4 Å². The van der Waals surface area contributed by atoms with Crippen LogP contribution in [0.5, 0.6) is 0 Å². The van der Waals surface area contributed by atoms with Crippen molar-refractivity contribution in [1.82, 2.24) is 0 Å². The first-order valence-corrected chi connectivity index (χ1v) is 6.91. The van der Waals surface area contributed by atoms with Gasteiger partial charge in [0.25, 0.3) is 5.91 Å². The maximum absolute atomic E-state index is 12.4. The average Bonchev–Trinajstić information content (AvgIpc) is 2.53. The maximum Gasteiger partial charge on any atom is 0.258 e. The van der Waals surface area contributed by atoms with Gasteiger partial charge in [-0.2, -0.15) is 0 Å². The average molecular weight is 265 g/mol. The Morgan fingerprint density at radius 3 is 2.10 bits per heavy atom. The molecule has 0 unspecified atom stereocenters. The molecule has 0 radical (unpaired) electrons. The molecule has 0 fully saturated rings. The Morgan fingerprint density at radius 1 is 0.800 bits per heavy atom. The molecule has 0 atom stereocenters. The first-order valence-electron chi connectivity index (χ1n) is 6.91. The van der Waals surface area contributed by atoms with Crippen LogP contribution in [0.4, 0.5) is 5.69 Å². The number of amides is 1. The summed E-state index contributed by atoms with van der Waals surface area (Å²) in [6.45, 7) is 4.00. The van der Waals surface area contributed by atoms with Crippen molar-refractivity contribution in [2.24, 2.45) is 0 Å². The second-order valence-electron chi connectivity index (χ2n) is 4.34. The zero-order valence-electron chi connectivity index (χ0n) is 12.1. The summed E-state index contributed by atoms with van der Waals surface area (Å²) >= 11 is 0. The van der Waals surface area contributed by atoms with E-state index in [2.05, 4.69) is 6.08 Å². The van der Waals surface area contributed by atoms with E-state index >= 15 is 0 Å². The lowest BCUT2D eigenvalue weighted by Gasteiger charge is -2.22. The monoisotopic (exact) mass is 265 g/mol. The van der Waals surface area contributed by atoms with Crippen LogP contribution < -0.4 is 4.90 Å². The van der Waals surface area contributed by atoms with Crippen molar-refractivity contribution < 1.29 is 4.79 Å². The molecule has 0 N–H and O–H groups in total. The molecule has 20 heavy (non-hydrogen) atoms. The highest BCUT2D eigenvalue weighted by Crippen LogP contribution is 2.27. The van der Waals surface area contributed by atoms with Crippen molar-refractivity contribution in [3.63, 3.8) is 0 Å². The van der Waals surface area contributed by atoms with Gasteiger partial charge in [-0.25, -0.2) is 0 Å². The van der Waals surface area contributed by atoms with E-state index in [1.807, 2.05) is 75.5 Å². The molecule has 1 amide bonds. The van der Waals surface area contributed by atoms with Gasteiger partial charge in [-0.05, 0) is 23.3 Å². The van der Waals surface area contributed by atoms with E-state index in [4.69, 9.17) is 0 Å². The number of benzene rings is 2. The lowest BCUT2D eigenvalue weighted by molar-refractivity contribution is 0.0992. The number of carbonyl (C=O) groups is 1. The first-order chi connectivity index (χ1) is 9.77. The Hall–Kier alpha value is -2.35. The van der Waals surface area contributed by atoms with E-state index in [9.17, 15) is 4.79 Å². The molecule has 102 valence electrons. The Labute approximate surface area is 120 Å². The van der Waals surface area contributed by atoms with E-state index in [1.165, 1.54) is 0 Å². The quantitative estimate of drug-likeness (QED) is 0.688. The Kier molecular flexibility index (Phi) is 4.36. The third-order valence-corrected chi connectivity index (χ3v) is 3.24. The van der Waals surface area contributed by atoms with Gasteiger partial charge < -0.3 is 4.90 Å². The Balaban J connectivity index is 0.000000704. The molecule has 3 rings (SSSR count). The minimum absolute atomic E-state index is 0.0300. The lowest BCUT2D eigenvalue weighted by atomic mass is 10.0. The molecule has 0 saturated heterocycles. The third kappa shape index (κ3) is 2.50. The maximum atomic E-state index is 12.4. The van der Waals surface area contributed by atoms with Crippen LogP contribution in [0.2, 0.25) is 0 Å². The molecule has 2 aromatic carbocycles. The molecule has 1 aliphatic rings. The fraction of sp³-hybridized carbons (Fsp3) is 0.167. The summed E-state index contributed by atoms with van der Waals surface area (Å²) in [5.41, 5.74) is 3.70. The number of anilines is 1. The van der Waals surface area contributed by atoms with Crippen LogP contribution in [-0.2, 0) is 0 Å². The van der Waals surface area contributed by atoms with Crippen LogP contribution in [0.3, 0.4) is 0 Å². The van der Waals surface area contributed by atoms with Crippen molar-refractivity contribution >= 4 is 23.7 Å². The molecule has 2 aromatic rings. The predicted molar refractivity (Wildman–Crippen MR) is 85.9 cm³/mol. The van der Waals surface area contributed by atoms with E-state index in [1.54, 1.807) is 4.90 Å². The van der Waals surface area contributed by atoms with Crippen molar-refractivity contribution in [3.8, 4) is 0 Å². The molecule has 0 aromatic heterocycles. The molecule has 0 spiro atoms. The Morgan fingerprint density at radius 2 is 1.35 bits per heavy atom. The van der Waals surface area contributed by atoms with Gasteiger partial charge in [0.15, 0.2) is 0 Å². The lowest BCUT2D eigenvalue weighted by Crippen LogP contribution is -2.28. The smallest absolute Gasteiger partial charge is 0.258 e. The minimum Gasteiger partial charge on any atom is -0.311 e. The number of hydrogen-bond donors (Lipinski definition) is 0. The van der Waals surface area contributed by atoms with Crippen LogP contribution in [0.1, 0.15) is 35.3 Å². The second-order valence-corrected chi connectivity index (χ2v) is 4.34. The highest BCUT2D eigenvalue weighted by atomic mass is 16.2.